The van der Waals surface area contributed by atoms with Gasteiger partial charge in [0.2, 0.25) is 5.91 Å². The molecule has 4 heteroatoms. The first-order valence-corrected chi connectivity index (χ1v) is 8.95. The molecular weight excluding hydrogens is 286 g/mol. The van der Waals surface area contributed by atoms with Gasteiger partial charge in [-0.3, -0.25) is 4.79 Å². The Hall–Kier alpha value is -1.84. The lowest BCUT2D eigenvalue weighted by atomic mass is 9.78. The number of aryl methyl sites for hydroxylation is 1. The highest BCUT2D eigenvalue weighted by Crippen LogP contribution is 2.35. The maximum Gasteiger partial charge on any atom is 0.242 e. The lowest BCUT2D eigenvalue weighted by Crippen LogP contribution is -2.50. The van der Waals surface area contributed by atoms with E-state index in [1.807, 2.05) is 25.1 Å². The zero-order chi connectivity index (χ0) is 15.8. The first kappa shape index (κ1) is 14.7. The molecule has 23 heavy (non-hydrogen) atoms. The van der Waals surface area contributed by atoms with Crippen LogP contribution in [0.2, 0.25) is 0 Å². The van der Waals surface area contributed by atoms with Gasteiger partial charge in [-0.25, -0.2) is 4.98 Å². The second-order valence-electron chi connectivity index (χ2n) is 7.08. The third kappa shape index (κ3) is 2.64. The van der Waals surface area contributed by atoms with E-state index in [1.54, 1.807) is 0 Å². The van der Waals surface area contributed by atoms with Gasteiger partial charge in [-0.15, -0.1) is 0 Å². The number of piperidine rings is 1. The van der Waals surface area contributed by atoms with Crippen molar-refractivity contribution in [1.29, 1.82) is 0 Å². The number of hydrogen-bond donors (Lipinski definition) is 0. The first-order valence-electron chi connectivity index (χ1n) is 8.95. The molecule has 0 radical (unpaired) electrons. The van der Waals surface area contributed by atoms with Crippen molar-refractivity contribution in [3.05, 3.63) is 30.1 Å². The fourth-order valence-corrected chi connectivity index (χ4v) is 4.56. The molecular formula is C19H25N3O. The number of carbonyl (C=O) groups is 1. The monoisotopic (exact) mass is 311 g/mol. The maximum absolute atomic E-state index is 13.0. The molecule has 0 bridgehead atoms. The summed E-state index contributed by atoms with van der Waals surface area (Å²) in [5, 5.41) is 0. The minimum Gasteiger partial charge on any atom is -0.338 e. The number of rotatable bonds is 2. The summed E-state index contributed by atoms with van der Waals surface area (Å²) in [6.45, 7) is 3.36. The van der Waals surface area contributed by atoms with Crippen LogP contribution in [0.3, 0.4) is 0 Å². The van der Waals surface area contributed by atoms with Gasteiger partial charge >= 0.3 is 0 Å². The molecule has 2 unspecified atom stereocenters. The second kappa shape index (κ2) is 5.99. The number of para-hydroxylation sites is 2. The van der Waals surface area contributed by atoms with E-state index in [0.29, 0.717) is 12.6 Å². The van der Waals surface area contributed by atoms with E-state index in [4.69, 9.17) is 0 Å². The third-order valence-electron chi connectivity index (χ3n) is 5.70. The number of imidazole rings is 1. The van der Waals surface area contributed by atoms with Gasteiger partial charge in [0.1, 0.15) is 12.4 Å². The molecule has 2 fully saturated rings. The first-order chi connectivity index (χ1) is 11.2. The Labute approximate surface area is 137 Å². The second-order valence-corrected chi connectivity index (χ2v) is 7.08. The molecule has 4 rings (SSSR count). The van der Waals surface area contributed by atoms with Crippen LogP contribution in [-0.4, -0.2) is 32.9 Å². The molecule has 0 spiro atoms. The molecule has 1 aromatic heterocycles. The molecule has 1 saturated carbocycles. The molecule has 1 aromatic carbocycles. The predicted molar refractivity (Wildman–Crippen MR) is 91.2 cm³/mol. The highest BCUT2D eigenvalue weighted by atomic mass is 16.2. The Morgan fingerprint density at radius 3 is 2.87 bits per heavy atom. The van der Waals surface area contributed by atoms with Gasteiger partial charge in [0.25, 0.3) is 0 Å². The van der Waals surface area contributed by atoms with E-state index in [2.05, 4.69) is 20.5 Å². The van der Waals surface area contributed by atoms with Crippen molar-refractivity contribution in [3.63, 3.8) is 0 Å². The Kier molecular flexibility index (Phi) is 3.83. The van der Waals surface area contributed by atoms with Crippen LogP contribution in [0, 0.1) is 12.8 Å². The zero-order valence-electron chi connectivity index (χ0n) is 13.9. The largest absolute Gasteiger partial charge is 0.338 e. The Balaban J connectivity index is 1.58. The molecule has 2 atom stereocenters. The van der Waals surface area contributed by atoms with E-state index in [-0.39, 0.29) is 5.91 Å². The van der Waals surface area contributed by atoms with E-state index < -0.39 is 0 Å². The Morgan fingerprint density at radius 2 is 1.96 bits per heavy atom. The van der Waals surface area contributed by atoms with Crippen LogP contribution in [0.25, 0.3) is 11.0 Å². The predicted octanol–water partition coefficient (Wildman–Crippen LogP) is 3.53. The quantitative estimate of drug-likeness (QED) is 0.851. The highest BCUT2D eigenvalue weighted by molar-refractivity contribution is 5.81. The van der Waals surface area contributed by atoms with Gasteiger partial charge in [0, 0.05) is 12.6 Å². The van der Waals surface area contributed by atoms with Crippen LogP contribution in [0.1, 0.15) is 44.3 Å². The van der Waals surface area contributed by atoms with E-state index in [0.717, 1.165) is 35.7 Å². The molecule has 2 heterocycles. The van der Waals surface area contributed by atoms with Gasteiger partial charge in [-0.05, 0) is 50.7 Å². The normalized spacial score (nSPS) is 24.7. The minimum absolute atomic E-state index is 0.271. The molecule has 0 N–H and O–H groups in total. The van der Waals surface area contributed by atoms with Gasteiger partial charge in [-0.2, -0.15) is 0 Å². The Bertz CT molecular complexity index is 718. The van der Waals surface area contributed by atoms with Gasteiger partial charge < -0.3 is 9.47 Å². The standard InChI is InChI=1S/C19H25N3O/c1-14-20-16-9-3-5-11-18(16)22(14)13-19(23)21-12-6-8-15-7-2-4-10-17(15)21/h3,5,9,11,15,17H,2,4,6-8,10,12-13H2,1H3. The van der Waals surface area contributed by atoms with Crippen molar-refractivity contribution in [2.24, 2.45) is 5.92 Å². The fraction of sp³-hybridized carbons (Fsp3) is 0.579. The summed E-state index contributed by atoms with van der Waals surface area (Å²) in [7, 11) is 0. The van der Waals surface area contributed by atoms with Crippen LogP contribution in [-0.2, 0) is 11.3 Å². The number of amides is 1. The summed E-state index contributed by atoms with van der Waals surface area (Å²) in [5.41, 5.74) is 2.04. The molecule has 4 nitrogen and oxygen atoms in total. The van der Waals surface area contributed by atoms with Crippen LogP contribution in [0.15, 0.2) is 24.3 Å². The fourth-order valence-electron chi connectivity index (χ4n) is 4.56. The lowest BCUT2D eigenvalue weighted by Gasteiger charge is -2.44. The van der Waals surface area contributed by atoms with Crippen LogP contribution in [0.4, 0.5) is 0 Å². The molecule has 122 valence electrons. The number of hydrogen-bond acceptors (Lipinski definition) is 2. The smallest absolute Gasteiger partial charge is 0.242 e. The number of likely N-dealkylation sites (tertiary alicyclic amines) is 1. The summed E-state index contributed by atoms with van der Waals surface area (Å²) >= 11 is 0. The summed E-state index contributed by atoms with van der Waals surface area (Å²) in [5.74, 6) is 1.94. The number of aromatic nitrogens is 2. The van der Waals surface area contributed by atoms with Crippen molar-refractivity contribution in [2.45, 2.75) is 58.0 Å². The lowest BCUT2D eigenvalue weighted by molar-refractivity contribution is -0.138. The average molecular weight is 311 g/mol. The van der Waals surface area contributed by atoms with Gasteiger partial charge in [0.05, 0.1) is 11.0 Å². The SMILES string of the molecule is Cc1nc2ccccc2n1CC(=O)N1CCCC2CCCCC21. The number of benzene rings is 1. The molecule has 1 saturated heterocycles. The third-order valence-corrected chi connectivity index (χ3v) is 5.70. The molecule has 1 aliphatic carbocycles. The van der Waals surface area contributed by atoms with E-state index >= 15 is 0 Å². The van der Waals surface area contributed by atoms with Crippen LogP contribution in [0.5, 0.6) is 0 Å². The van der Waals surface area contributed by atoms with Crippen molar-refractivity contribution in [3.8, 4) is 0 Å². The summed E-state index contributed by atoms with van der Waals surface area (Å²) in [6.07, 6.45) is 7.59. The Morgan fingerprint density at radius 1 is 1.17 bits per heavy atom. The number of fused-ring (bicyclic) bond motifs is 2. The minimum atomic E-state index is 0.271. The molecule has 2 aliphatic rings. The highest BCUT2D eigenvalue weighted by Gasteiger charge is 2.35. The number of carbonyl (C=O) groups excluding carboxylic acids is 1. The summed E-state index contributed by atoms with van der Waals surface area (Å²) < 4.78 is 2.07. The van der Waals surface area contributed by atoms with Gasteiger partial charge in [0.15, 0.2) is 0 Å². The van der Waals surface area contributed by atoms with Crippen molar-refractivity contribution in [2.75, 3.05) is 6.54 Å². The topological polar surface area (TPSA) is 38.1 Å². The number of nitrogens with zero attached hydrogens (tertiary/aromatic N) is 3. The summed E-state index contributed by atoms with van der Waals surface area (Å²) in [6, 6.07) is 8.57. The molecule has 2 aromatic rings. The van der Waals surface area contributed by atoms with Crippen LogP contribution < -0.4 is 0 Å². The van der Waals surface area contributed by atoms with Crippen molar-refractivity contribution < 1.29 is 4.79 Å². The van der Waals surface area contributed by atoms with E-state index in [1.165, 1.54) is 32.1 Å². The summed E-state index contributed by atoms with van der Waals surface area (Å²) in [4.78, 5) is 19.8. The molecule has 1 amide bonds. The average Bonchev–Trinajstić information content (AvgIpc) is 2.90. The van der Waals surface area contributed by atoms with Crippen LogP contribution >= 0.6 is 0 Å². The maximum atomic E-state index is 13.0. The van der Waals surface area contributed by atoms with Crippen molar-refractivity contribution >= 4 is 16.9 Å². The van der Waals surface area contributed by atoms with E-state index in [9.17, 15) is 4.79 Å². The zero-order valence-corrected chi connectivity index (χ0v) is 13.9. The van der Waals surface area contributed by atoms with Crippen molar-refractivity contribution in [1.82, 2.24) is 14.5 Å². The van der Waals surface area contributed by atoms with Gasteiger partial charge in [-0.1, -0.05) is 25.0 Å². The molecule has 1 aliphatic heterocycles.